The average Bonchev–Trinajstić information content (AvgIpc) is 2.83. The van der Waals surface area contributed by atoms with E-state index >= 15 is 0 Å². The number of aryl methyl sites for hydroxylation is 1. The highest BCUT2D eigenvalue weighted by Crippen LogP contribution is 2.27. The summed E-state index contributed by atoms with van der Waals surface area (Å²) in [5.41, 5.74) is 9.08. The first-order valence-electron chi connectivity index (χ1n) is 5.17. The van der Waals surface area contributed by atoms with E-state index in [2.05, 4.69) is 19.7 Å². The van der Waals surface area contributed by atoms with Gasteiger partial charge in [0.05, 0.1) is 23.8 Å². The quantitative estimate of drug-likeness (QED) is 0.738. The maximum absolute atomic E-state index is 5.55. The van der Waals surface area contributed by atoms with Crippen molar-refractivity contribution in [2.45, 2.75) is 19.4 Å². The van der Waals surface area contributed by atoms with Crippen LogP contribution in [0.5, 0.6) is 0 Å². The fraction of sp³-hybridized carbons (Fsp3) is 0.400. The van der Waals surface area contributed by atoms with Gasteiger partial charge in [-0.1, -0.05) is 0 Å². The largest absolute Gasteiger partial charge is 0.330 e. The second-order valence-electron chi connectivity index (χ2n) is 3.77. The second-order valence-corrected chi connectivity index (χ2v) is 3.77. The summed E-state index contributed by atoms with van der Waals surface area (Å²) in [4.78, 5) is 4.40. The Morgan fingerprint density at radius 3 is 3.27 bits per heavy atom. The molecule has 0 saturated heterocycles. The summed E-state index contributed by atoms with van der Waals surface area (Å²) < 4.78 is 2.23. The molecule has 5 nitrogen and oxygen atoms in total. The van der Waals surface area contributed by atoms with Crippen LogP contribution in [-0.2, 0) is 19.4 Å². The van der Waals surface area contributed by atoms with Crippen LogP contribution in [-0.4, -0.2) is 26.3 Å². The summed E-state index contributed by atoms with van der Waals surface area (Å²) in [6.45, 7) is 1.63. The zero-order valence-electron chi connectivity index (χ0n) is 8.40. The van der Waals surface area contributed by atoms with Gasteiger partial charge in [-0.25, -0.2) is 4.98 Å². The van der Waals surface area contributed by atoms with Gasteiger partial charge in [-0.15, -0.1) is 0 Å². The lowest BCUT2D eigenvalue weighted by Gasteiger charge is -2.16. The zero-order chi connectivity index (χ0) is 10.3. The highest BCUT2D eigenvalue weighted by atomic mass is 15.2. The highest BCUT2D eigenvalue weighted by molar-refractivity contribution is 5.60. The fourth-order valence-electron chi connectivity index (χ4n) is 2.15. The Morgan fingerprint density at radius 2 is 2.40 bits per heavy atom. The van der Waals surface area contributed by atoms with Crippen molar-refractivity contribution in [2.24, 2.45) is 5.73 Å². The zero-order valence-corrected chi connectivity index (χ0v) is 8.40. The molecule has 3 heterocycles. The molecule has 5 heteroatoms. The number of imidazole rings is 1. The number of aromatic amines is 1. The summed E-state index contributed by atoms with van der Waals surface area (Å²) in [7, 11) is 0. The number of nitrogens with zero attached hydrogens (tertiary/aromatic N) is 3. The summed E-state index contributed by atoms with van der Waals surface area (Å²) >= 11 is 0. The van der Waals surface area contributed by atoms with Gasteiger partial charge in [0.25, 0.3) is 0 Å². The van der Waals surface area contributed by atoms with Crippen LogP contribution < -0.4 is 5.73 Å². The van der Waals surface area contributed by atoms with Crippen molar-refractivity contribution in [3.05, 3.63) is 23.8 Å². The van der Waals surface area contributed by atoms with Crippen molar-refractivity contribution in [3.8, 4) is 11.4 Å². The Kier molecular flexibility index (Phi) is 1.85. The van der Waals surface area contributed by atoms with Crippen LogP contribution in [0.2, 0.25) is 0 Å². The van der Waals surface area contributed by atoms with Gasteiger partial charge >= 0.3 is 0 Å². The van der Waals surface area contributed by atoms with Crippen LogP contribution >= 0.6 is 0 Å². The third kappa shape index (κ3) is 1.20. The van der Waals surface area contributed by atoms with E-state index in [0.717, 1.165) is 36.6 Å². The molecule has 3 rings (SSSR count). The van der Waals surface area contributed by atoms with E-state index < -0.39 is 0 Å². The molecule has 0 bridgehead atoms. The molecule has 15 heavy (non-hydrogen) atoms. The van der Waals surface area contributed by atoms with Gasteiger partial charge in [0.1, 0.15) is 5.82 Å². The molecule has 0 spiro atoms. The molecule has 0 fully saturated rings. The van der Waals surface area contributed by atoms with E-state index in [-0.39, 0.29) is 0 Å². The van der Waals surface area contributed by atoms with E-state index in [1.807, 2.05) is 12.4 Å². The summed E-state index contributed by atoms with van der Waals surface area (Å²) in [5.74, 6) is 1.08. The van der Waals surface area contributed by atoms with Gasteiger partial charge in [-0.05, 0) is 13.0 Å². The predicted molar refractivity (Wildman–Crippen MR) is 56.3 cm³/mol. The summed E-state index contributed by atoms with van der Waals surface area (Å²) in [5, 5.41) is 7.09. The minimum Gasteiger partial charge on any atom is -0.330 e. The van der Waals surface area contributed by atoms with Gasteiger partial charge in [0, 0.05) is 18.5 Å². The van der Waals surface area contributed by atoms with Crippen molar-refractivity contribution in [1.82, 2.24) is 19.7 Å². The van der Waals surface area contributed by atoms with Crippen molar-refractivity contribution >= 4 is 0 Å². The normalized spacial score (nSPS) is 13.7. The van der Waals surface area contributed by atoms with Crippen LogP contribution in [0, 0.1) is 0 Å². The van der Waals surface area contributed by atoms with E-state index in [0.29, 0.717) is 6.54 Å². The molecular weight excluding hydrogens is 190 g/mol. The van der Waals surface area contributed by atoms with Crippen molar-refractivity contribution in [2.75, 3.05) is 6.54 Å². The molecule has 0 aliphatic carbocycles. The lowest BCUT2D eigenvalue weighted by molar-refractivity contribution is 0.640. The minimum atomic E-state index is 0.645. The number of H-pyrrole nitrogens is 1. The number of hydrogen-bond donors (Lipinski definition) is 2. The van der Waals surface area contributed by atoms with Crippen LogP contribution in [0.15, 0.2) is 12.4 Å². The predicted octanol–water partition coefficient (Wildman–Crippen LogP) is 0.330. The third-order valence-electron chi connectivity index (χ3n) is 2.88. The minimum absolute atomic E-state index is 0.645. The molecule has 0 atom stereocenters. The lowest BCUT2D eigenvalue weighted by Crippen LogP contribution is -2.15. The number of fused-ring (bicyclic) bond motifs is 3. The van der Waals surface area contributed by atoms with Crippen molar-refractivity contribution < 1.29 is 0 Å². The smallest absolute Gasteiger partial charge is 0.110 e. The molecule has 78 valence electrons. The maximum atomic E-state index is 5.55. The highest BCUT2D eigenvalue weighted by Gasteiger charge is 2.20. The number of rotatable bonds is 2. The molecule has 0 aromatic carbocycles. The molecular formula is C10H13N5. The standard InChI is InChI=1S/C10H13N5/c11-3-1-9-12-6-8-10-7(5-13-14-10)2-4-15(8)9/h5-6H,1-4,11H2,(H,13,14). The molecule has 2 aromatic rings. The van der Waals surface area contributed by atoms with Gasteiger partial charge in [0.15, 0.2) is 0 Å². The SMILES string of the molecule is NCCc1ncc2n1CCc1cn[nH]c1-2. The monoisotopic (exact) mass is 203 g/mol. The second kappa shape index (κ2) is 3.20. The molecule has 1 aliphatic heterocycles. The first-order valence-corrected chi connectivity index (χ1v) is 5.17. The summed E-state index contributed by atoms with van der Waals surface area (Å²) in [6.07, 6.45) is 5.66. The average molecular weight is 203 g/mol. The van der Waals surface area contributed by atoms with Crippen LogP contribution in [0.25, 0.3) is 11.4 Å². The number of nitrogens with one attached hydrogen (secondary N) is 1. The van der Waals surface area contributed by atoms with Gasteiger partial charge in [-0.3, -0.25) is 5.10 Å². The lowest BCUT2D eigenvalue weighted by atomic mass is 10.1. The van der Waals surface area contributed by atoms with Gasteiger partial charge in [0.2, 0.25) is 0 Å². The van der Waals surface area contributed by atoms with Crippen molar-refractivity contribution in [3.63, 3.8) is 0 Å². The Balaban J connectivity index is 2.11. The van der Waals surface area contributed by atoms with Crippen LogP contribution in [0.3, 0.4) is 0 Å². The van der Waals surface area contributed by atoms with E-state index in [9.17, 15) is 0 Å². The molecule has 0 unspecified atom stereocenters. The Bertz CT molecular complexity index is 482. The Morgan fingerprint density at radius 1 is 1.47 bits per heavy atom. The van der Waals surface area contributed by atoms with Gasteiger partial charge < -0.3 is 10.3 Å². The first kappa shape index (κ1) is 8.67. The van der Waals surface area contributed by atoms with Crippen molar-refractivity contribution in [1.29, 1.82) is 0 Å². The van der Waals surface area contributed by atoms with Crippen LogP contribution in [0.4, 0.5) is 0 Å². The Labute approximate surface area is 87.3 Å². The molecule has 2 aromatic heterocycles. The Hall–Kier alpha value is -1.62. The molecule has 0 saturated carbocycles. The number of aromatic nitrogens is 4. The molecule has 0 radical (unpaired) electrons. The molecule has 0 amide bonds. The maximum Gasteiger partial charge on any atom is 0.110 e. The molecule has 1 aliphatic rings. The van der Waals surface area contributed by atoms with Crippen LogP contribution in [0.1, 0.15) is 11.4 Å². The third-order valence-corrected chi connectivity index (χ3v) is 2.88. The number of hydrogen-bond acceptors (Lipinski definition) is 3. The van der Waals surface area contributed by atoms with Gasteiger partial charge in [-0.2, -0.15) is 5.10 Å². The van der Waals surface area contributed by atoms with E-state index in [1.165, 1.54) is 5.56 Å². The first-order chi connectivity index (χ1) is 7.40. The fourth-order valence-corrected chi connectivity index (χ4v) is 2.15. The van der Waals surface area contributed by atoms with E-state index in [4.69, 9.17) is 5.73 Å². The summed E-state index contributed by atoms with van der Waals surface area (Å²) in [6, 6.07) is 0. The topological polar surface area (TPSA) is 72.5 Å². The van der Waals surface area contributed by atoms with E-state index in [1.54, 1.807) is 0 Å². The number of nitrogens with two attached hydrogens (primary N) is 1. The molecule has 3 N–H and O–H groups in total.